The zero-order valence-corrected chi connectivity index (χ0v) is 15.2. The Morgan fingerprint density at radius 3 is 2.62 bits per heavy atom. The van der Waals surface area contributed by atoms with Gasteiger partial charge in [-0.3, -0.25) is 4.90 Å². The third-order valence-electron chi connectivity index (χ3n) is 4.75. The summed E-state index contributed by atoms with van der Waals surface area (Å²) >= 11 is 0. The number of benzene rings is 2. The number of hydrogen-bond donors (Lipinski definition) is 1. The minimum atomic E-state index is -0.538. The Morgan fingerprint density at radius 1 is 1.08 bits per heavy atom. The summed E-state index contributed by atoms with van der Waals surface area (Å²) in [6.07, 6.45) is -0.142. The lowest BCUT2D eigenvalue weighted by Gasteiger charge is -2.36. The lowest BCUT2D eigenvalue weighted by molar-refractivity contribution is -0.0786. The molecular weight excluding hydrogens is 330 g/mol. The summed E-state index contributed by atoms with van der Waals surface area (Å²) in [7, 11) is 0. The molecular formula is C21H25NO4. The molecule has 1 aromatic heterocycles. The average Bonchev–Trinajstić information content (AvgIpc) is 2.97. The minimum absolute atomic E-state index is 0.198. The predicted octanol–water partition coefficient (Wildman–Crippen LogP) is 3.43. The molecule has 0 unspecified atom stereocenters. The number of nitrogens with zero attached hydrogens (tertiary/aromatic N) is 1. The summed E-state index contributed by atoms with van der Waals surface area (Å²) in [5.74, 6) is 0.742. The van der Waals surface area contributed by atoms with Gasteiger partial charge in [-0.25, -0.2) is 0 Å². The van der Waals surface area contributed by atoms with Crippen molar-refractivity contribution in [3.8, 4) is 5.75 Å². The molecule has 138 valence electrons. The maximum Gasteiger partial charge on any atom is 0.135 e. The van der Waals surface area contributed by atoms with Crippen LogP contribution in [0.25, 0.3) is 21.9 Å². The summed E-state index contributed by atoms with van der Waals surface area (Å²) in [4.78, 5) is 2.24. The number of aliphatic hydroxyl groups excluding tert-OH is 1. The van der Waals surface area contributed by atoms with E-state index in [0.29, 0.717) is 6.54 Å². The van der Waals surface area contributed by atoms with Crippen molar-refractivity contribution in [1.82, 2.24) is 4.90 Å². The van der Waals surface area contributed by atoms with E-state index in [1.54, 1.807) is 0 Å². The highest BCUT2D eigenvalue weighted by atomic mass is 16.5. The molecule has 2 aromatic carbocycles. The molecule has 0 bridgehead atoms. The van der Waals surface area contributed by atoms with Gasteiger partial charge >= 0.3 is 0 Å². The quantitative estimate of drug-likeness (QED) is 0.760. The first-order valence-corrected chi connectivity index (χ1v) is 9.18. The fraction of sp³-hybridized carbons (Fsp3) is 0.429. The van der Waals surface area contributed by atoms with Crippen LogP contribution in [0.2, 0.25) is 0 Å². The van der Waals surface area contributed by atoms with Crippen LogP contribution >= 0.6 is 0 Å². The Kier molecular flexibility index (Phi) is 4.85. The molecule has 26 heavy (non-hydrogen) atoms. The number of ether oxygens (including phenoxy) is 2. The minimum Gasteiger partial charge on any atom is -0.491 e. The second-order valence-electron chi connectivity index (χ2n) is 7.20. The van der Waals surface area contributed by atoms with Crippen LogP contribution in [0.1, 0.15) is 13.8 Å². The third kappa shape index (κ3) is 3.70. The largest absolute Gasteiger partial charge is 0.491 e. The molecule has 4 rings (SSSR count). The molecule has 0 amide bonds. The summed E-state index contributed by atoms with van der Waals surface area (Å²) in [5.41, 5.74) is 1.71. The fourth-order valence-corrected chi connectivity index (χ4v) is 3.77. The SMILES string of the molecule is C[C@H]1CN(C[C@H](O)COc2ccc3oc4ccccc4c3c2)C[C@H](C)O1. The van der Waals surface area contributed by atoms with Crippen LogP contribution in [0.4, 0.5) is 0 Å². The molecule has 0 spiro atoms. The normalized spacial score (nSPS) is 22.7. The highest BCUT2D eigenvalue weighted by Gasteiger charge is 2.24. The topological polar surface area (TPSA) is 55.1 Å². The van der Waals surface area contributed by atoms with Crippen LogP contribution in [-0.2, 0) is 4.74 Å². The van der Waals surface area contributed by atoms with Crippen LogP contribution in [0.5, 0.6) is 5.75 Å². The zero-order chi connectivity index (χ0) is 18.1. The zero-order valence-electron chi connectivity index (χ0n) is 15.2. The van der Waals surface area contributed by atoms with E-state index in [-0.39, 0.29) is 18.8 Å². The molecule has 1 fully saturated rings. The van der Waals surface area contributed by atoms with Crippen molar-refractivity contribution in [3.63, 3.8) is 0 Å². The Hall–Kier alpha value is -2.08. The van der Waals surface area contributed by atoms with Crippen molar-refractivity contribution in [1.29, 1.82) is 0 Å². The fourth-order valence-electron chi connectivity index (χ4n) is 3.77. The van der Waals surface area contributed by atoms with Gasteiger partial charge in [0.05, 0.1) is 12.2 Å². The van der Waals surface area contributed by atoms with E-state index in [0.717, 1.165) is 40.8 Å². The van der Waals surface area contributed by atoms with Gasteiger partial charge in [0, 0.05) is 30.4 Å². The molecule has 3 aromatic rings. The van der Waals surface area contributed by atoms with E-state index in [2.05, 4.69) is 18.7 Å². The van der Waals surface area contributed by atoms with Gasteiger partial charge in [-0.15, -0.1) is 0 Å². The second-order valence-corrected chi connectivity index (χ2v) is 7.20. The Labute approximate surface area is 153 Å². The lowest BCUT2D eigenvalue weighted by atomic mass is 10.1. The molecule has 2 heterocycles. The van der Waals surface area contributed by atoms with Crippen molar-refractivity contribution in [3.05, 3.63) is 42.5 Å². The molecule has 0 aliphatic carbocycles. The van der Waals surface area contributed by atoms with E-state index in [9.17, 15) is 5.11 Å². The number of para-hydroxylation sites is 1. The van der Waals surface area contributed by atoms with Crippen molar-refractivity contribution >= 4 is 21.9 Å². The number of furan rings is 1. The van der Waals surface area contributed by atoms with Gasteiger partial charge < -0.3 is 19.0 Å². The molecule has 1 aliphatic rings. The Balaban J connectivity index is 1.40. The number of aliphatic hydroxyl groups is 1. The smallest absolute Gasteiger partial charge is 0.135 e. The molecule has 3 atom stereocenters. The van der Waals surface area contributed by atoms with Crippen LogP contribution in [0, 0.1) is 0 Å². The maximum atomic E-state index is 10.4. The number of fused-ring (bicyclic) bond motifs is 3. The van der Waals surface area contributed by atoms with E-state index in [4.69, 9.17) is 13.9 Å². The third-order valence-corrected chi connectivity index (χ3v) is 4.75. The van der Waals surface area contributed by atoms with Crippen molar-refractivity contribution < 1.29 is 19.0 Å². The summed E-state index contributed by atoms with van der Waals surface area (Å²) in [5, 5.41) is 12.5. The van der Waals surface area contributed by atoms with E-state index >= 15 is 0 Å². The molecule has 0 saturated carbocycles. The van der Waals surface area contributed by atoms with Crippen molar-refractivity contribution in [2.45, 2.75) is 32.2 Å². The van der Waals surface area contributed by atoms with Crippen LogP contribution < -0.4 is 4.74 Å². The molecule has 1 saturated heterocycles. The van der Waals surface area contributed by atoms with Gasteiger partial charge in [0.1, 0.15) is 29.6 Å². The first kappa shape index (κ1) is 17.3. The number of rotatable bonds is 5. The second kappa shape index (κ2) is 7.27. The summed E-state index contributed by atoms with van der Waals surface area (Å²) in [6, 6.07) is 13.8. The summed E-state index contributed by atoms with van der Waals surface area (Å²) < 4.78 is 17.4. The van der Waals surface area contributed by atoms with Gasteiger partial charge in [-0.2, -0.15) is 0 Å². The van der Waals surface area contributed by atoms with Gasteiger partial charge in [-0.1, -0.05) is 18.2 Å². The van der Waals surface area contributed by atoms with Gasteiger partial charge in [0.2, 0.25) is 0 Å². The molecule has 1 aliphatic heterocycles. The Morgan fingerprint density at radius 2 is 1.81 bits per heavy atom. The maximum absolute atomic E-state index is 10.4. The van der Waals surface area contributed by atoms with Crippen LogP contribution in [0.3, 0.4) is 0 Å². The Bertz CT molecular complexity index is 880. The average molecular weight is 355 g/mol. The monoisotopic (exact) mass is 355 g/mol. The van der Waals surface area contributed by atoms with E-state index in [1.807, 2.05) is 42.5 Å². The van der Waals surface area contributed by atoms with Crippen LogP contribution in [0.15, 0.2) is 46.9 Å². The number of morpholine rings is 1. The van der Waals surface area contributed by atoms with Crippen molar-refractivity contribution in [2.75, 3.05) is 26.2 Å². The van der Waals surface area contributed by atoms with Crippen molar-refractivity contribution in [2.24, 2.45) is 0 Å². The van der Waals surface area contributed by atoms with E-state index in [1.165, 1.54) is 0 Å². The highest BCUT2D eigenvalue weighted by Crippen LogP contribution is 2.31. The van der Waals surface area contributed by atoms with Gasteiger partial charge in [0.15, 0.2) is 0 Å². The molecule has 5 nitrogen and oxygen atoms in total. The van der Waals surface area contributed by atoms with Gasteiger partial charge in [-0.05, 0) is 38.1 Å². The van der Waals surface area contributed by atoms with Gasteiger partial charge in [0.25, 0.3) is 0 Å². The first-order valence-electron chi connectivity index (χ1n) is 9.18. The highest BCUT2D eigenvalue weighted by molar-refractivity contribution is 6.05. The molecule has 5 heteroatoms. The lowest BCUT2D eigenvalue weighted by Crippen LogP contribution is -2.48. The predicted molar refractivity (Wildman–Crippen MR) is 102 cm³/mol. The van der Waals surface area contributed by atoms with E-state index < -0.39 is 6.10 Å². The standard InChI is InChI=1S/C21H25NO4/c1-14-10-22(11-15(2)25-14)12-16(23)13-24-17-7-8-21-19(9-17)18-5-3-4-6-20(18)26-21/h3-9,14-16,23H,10-13H2,1-2H3/t14-,15-,16-/m0/s1. The number of hydrogen-bond acceptors (Lipinski definition) is 5. The van der Waals surface area contributed by atoms with Crippen LogP contribution in [-0.4, -0.2) is 54.6 Å². The molecule has 0 radical (unpaired) electrons. The molecule has 1 N–H and O–H groups in total. The number of β-amino-alcohol motifs (C(OH)–C–C–N with tert-alkyl or cyclic N) is 1. The summed E-state index contributed by atoms with van der Waals surface area (Å²) in [6.45, 7) is 6.67. The first-order chi connectivity index (χ1) is 12.6.